The summed E-state index contributed by atoms with van der Waals surface area (Å²) in [4.78, 5) is 4.01. The van der Waals surface area contributed by atoms with Gasteiger partial charge in [0.25, 0.3) is 0 Å². The molecule has 2 aromatic heterocycles. The smallest absolute Gasteiger partial charge is 0.225 e. The van der Waals surface area contributed by atoms with Crippen LogP contribution in [-0.4, -0.2) is 19.7 Å². The van der Waals surface area contributed by atoms with Crippen LogP contribution in [0.15, 0.2) is 24.5 Å². The van der Waals surface area contributed by atoms with Crippen LogP contribution in [0.5, 0.6) is 0 Å². The first-order valence-corrected chi connectivity index (χ1v) is 6.20. The van der Waals surface area contributed by atoms with Crippen LogP contribution in [0.2, 0.25) is 5.28 Å². The Labute approximate surface area is 105 Å². The van der Waals surface area contributed by atoms with Gasteiger partial charge in [-0.05, 0) is 48.6 Å². The predicted molar refractivity (Wildman–Crippen MR) is 64.9 cm³/mol. The van der Waals surface area contributed by atoms with Gasteiger partial charge in [-0.2, -0.15) is 0 Å². The summed E-state index contributed by atoms with van der Waals surface area (Å²) in [6.07, 6.45) is 6.98. The van der Waals surface area contributed by atoms with Gasteiger partial charge in [-0.1, -0.05) is 0 Å². The minimum absolute atomic E-state index is 0.501. The van der Waals surface area contributed by atoms with E-state index in [1.165, 1.54) is 18.4 Å². The van der Waals surface area contributed by atoms with E-state index in [1.54, 1.807) is 0 Å². The SMILES string of the molecule is Clc1nnc(C2CC2)n1CCc1ccncc1. The fourth-order valence-electron chi connectivity index (χ4n) is 1.94. The molecule has 0 spiro atoms. The zero-order valence-electron chi connectivity index (χ0n) is 9.38. The Morgan fingerprint density at radius 2 is 2.00 bits per heavy atom. The molecule has 0 N–H and O–H groups in total. The molecule has 5 heteroatoms. The molecule has 0 unspecified atom stereocenters. The van der Waals surface area contributed by atoms with Crippen LogP contribution in [0.25, 0.3) is 0 Å². The Kier molecular flexibility index (Phi) is 2.81. The van der Waals surface area contributed by atoms with Crippen molar-refractivity contribution in [2.75, 3.05) is 0 Å². The highest BCUT2D eigenvalue weighted by atomic mass is 35.5. The van der Waals surface area contributed by atoms with Crippen molar-refractivity contribution in [2.45, 2.75) is 31.7 Å². The van der Waals surface area contributed by atoms with Crippen molar-refractivity contribution in [1.29, 1.82) is 0 Å². The molecule has 3 rings (SSSR count). The number of pyridine rings is 1. The zero-order chi connectivity index (χ0) is 11.7. The van der Waals surface area contributed by atoms with Gasteiger partial charge in [-0.25, -0.2) is 0 Å². The maximum Gasteiger partial charge on any atom is 0.225 e. The van der Waals surface area contributed by atoms with Crippen molar-refractivity contribution in [1.82, 2.24) is 19.7 Å². The Balaban J connectivity index is 1.74. The third kappa shape index (κ3) is 2.31. The molecule has 0 amide bonds. The number of aryl methyl sites for hydroxylation is 1. The van der Waals surface area contributed by atoms with Crippen molar-refractivity contribution in [2.24, 2.45) is 0 Å². The third-order valence-corrected chi connectivity index (χ3v) is 3.33. The van der Waals surface area contributed by atoms with Gasteiger partial charge in [0.2, 0.25) is 5.28 Å². The van der Waals surface area contributed by atoms with Crippen molar-refractivity contribution in [3.8, 4) is 0 Å². The fourth-order valence-corrected chi connectivity index (χ4v) is 2.14. The quantitative estimate of drug-likeness (QED) is 0.835. The first kappa shape index (κ1) is 10.7. The summed E-state index contributed by atoms with van der Waals surface area (Å²) in [7, 11) is 0. The minimum Gasteiger partial charge on any atom is -0.301 e. The molecule has 0 bridgehead atoms. The molecule has 0 aliphatic heterocycles. The molecule has 2 heterocycles. The van der Waals surface area contributed by atoms with E-state index in [4.69, 9.17) is 11.6 Å². The van der Waals surface area contributed by atoms with Gasteiger partial charge < -0.3 is 4.57 Å². The van der Waals surface area contributed by atoms with Crippen LogP contribution < -0.4 is 0 Å². The lowest BCUT2D eigenvalue weighted by Crippen LogP contribution is -2.05. The highest BCUT2D eigenvalue weighted by Gasteiger charge is 2.29. The number of halogens is 1. The monoisotopic (exact) mass is 248 g/mol. The average Bonchev–Trinajstić information content (AvgIpc) is 3.13. The summed E-state index contributed by atoms with van der Waals surface area (Å²) >= 11 is 6.06. The normalized spacial score (nSPS) is 15.1. The lowest BCUT2D eigenvalue weighted by molar-refractivity contribution is 0.653. The molecule has 2 aromatic rings. The van der Waals surface area contributed by atoms with Crippen molar-refractivity contribution >= 4 is 11.6 Å². The van der Waals surface area contributed by atoms with E-state index in [-0.39, 0.29) is 0 Å². The second kappa shape index (κ2) is 4.45. The van der Waals surface area contributed by atoms with Gasteiger partial charge in [0, 0.05) is 24.9 Å². The van der Waals surface area contributed by atoms with Crippen LogP contribution in [0, 0.1) is 0 Å². The van der Waals surface area contributed by atoms with Crippen LogP contribution >= 0.6 is 11.6 Å². The molecule has 17 heavy (non-hydrogen) atoms. The van der Waals surface area contributed by atoms with E-state index in [2.05, 4.69) is 15.2 Å². The van der Waals surface area contributed by atoms with E-state index in [9.17, 15) is 0 Å². The number of hydrogen-bond donors (Lipinski definition) is 0. The fraction of sp³-hybridized carbons (Fsp3) is 0.417. The van der Waals surface area contributed by atoms with E-state index in [1.807, 2.05) is 29.1 Å². The molecular formula is C12H13ClN4. The van der Waals surface area contributed by atoms with Crippen LogP contribution in [0.4, 0.5) is 0 Å². The minimum atomic E-state index is 0.501. The van der Waals surface area contributed by atoms with Crippen LogP contribution in [0.3, 0.4) is 0 Å². The highest BCUT2D eigenvalue weighted by Crippen LogP contribution is 2.39. The molecule has 0 radical (unpaired) electrons. The van der Waals surface area contributed by atoms with Crippen molar-refractivity contribution < 1.29 is 0 Å². The summed E-state index contributed by atoms with van der Waals surface area (Å²) < 4.78 is 2.03. The Morgan fingerprint density at radius 1 is 1.24 bits per heavy atom. The molecule has 1 aliphatic rings. The summed E-state index contributed by atoms with van der Waals surface area (Å²) in [5.41, 5.74) is 1.26. The van der Waals surface area contributed by atoms with E-state index in [0.717, 1.165) is 18.8 Å². The van der Waals surface area contributed by atoms with Gasteiger partial charge in [0.05, 0.1) is 0 Å². The molecular weight excluding hydrogens is 236 g/mol. The maximum atomic E-state index is 6.06. The molecule has 1 saturated carbocycles. The van der Waals surface area contributed by atoms with Crippen LogP contribution in [0.1, 0.15) is 30.1 Å². The van der Waals surface area contributed by atoms with Crippen LogP contribution in [-0.2, 0) is 13.0 Å². The first-order chi connectivity index (χ1) is 8.34. The Bertz CT molecular complexity index is 504. The lowest BCUT2D eigenvalue weighted by Gasteiger charge is -2.06. The average molecular weight is 249 g/mol. The van der Waals surface area contributed by atoms with Gasteiger partial charge in [-0.3, -0.25) is 4.98 Å². The van der Waals surface area contributed by atoms with Gasteiger partial charge in [0.15, 0.2) is 0 Å². The Hall–Kier alpha value is -1.42. The third-order valence-electron chi connectivity index (χ3n) is 3.05. The maximum absolute atomic E-state index is 6.06. The lowest BCUT2D eigenvalue weighted by atomic mass is 10.2. The number of rotatable bonds is 4. The molecule has 1 aliphatic carbocycles. The molecule has 1 fully saturated rings. The van der Waals surface area contributed by atoms with Crippen molar-refractivity contribution in [3.05, 3.63) is 41.2 Å². The molecule has 0 aromatic carbocycles. The highest BCUT2D eigenvalue weighted by molar-refractivity contribution is 6.28. The summed E-state index contributed by atoms with van der Waals surface area (Å²) in [6, 6.07) is 4.05. The van der Waals surface area contributed by atoms with E-state index < -0.39 is 0 Å². The zero-order valence-corrected chi connectivity index (χ0v) is 10.1. The van der Waals surface area contributed by atoms with Gasteiger partial charge >= 0.3 is 0 Å². The van der Waals surface area contributed by atoms with Gasteiger partial charge in [0.1, 0.15) is 5.82 Å². The largest absolute Gasteiger partial charge is 0.301 e. The van der Waals surface area contributed by atoms with Gasteiger partial charge in [-0.15, -0.1) is 10.2 Å². The molecule has 0 saturated heterocycles. The topological polar surface area (TPSA) is 43.6 Å². The summed E-state index contributed by atoms with van der Waals surface area (Å²) in [6.45, 7) is 0.835. The molecule has 4 nitrogen and oxygen atoms in total. The molecule has 0 atom stereocenters. The van der Waals surface area contributed by atoms with Crippen molar-refractivity contribution in [3.63, 3.8) is 0 Å². The first-order valence-electron chi connectivity index (χ1n) is 5.82. The second-order valence-electron chi connectivity index (χ2n) is 4.36. The number of hydrogen-bond acceptors (Lipinski definition) is 3. The Morgan fingerprint density at radius 3 is 2.71 bits per heavy atom. The number of nitrogens with zero attached hydrogens (tertiary/aromatic N) is 4. The molecule has 88 valence electrons. The van der Waals surface area contributed by atoms with E-state index in [0.29, 0.717) is 11.2 Å². The number of aromatic nitrogens is 4. The van der Waals surface area contributed by atoms with E-state index >= 15 is 0 Å². The summed E-state index contributed by atoms with van der Waals surface area (Å²) in [5, 5.41) is 8.62. The summed E-state index contributed by atoms with van der Waals surface area (Å²) in [5.74, 6) is 1.62. The standard InChI is InChI=1S/C12H13ClN4/c13-12-16-15-11(10-1-2-10)17(12)8-5-9-3-6-14-7-4-9/h3-4,6-7,10H,1-2,5,8H2. The second-order valence-corrected chi connectivity index (χ2v) is 4.70. The predicted octanol–water partition coefficient (Wildman–Crippen LogP) is 2.45.